The van der Waals surface area contributed by atoms with Crippen molar-refractivity contribution in [3.8, 4) is 0 Å². The fourth-order valence-corrected chi connectivity index (χ4v) is 2.57. The number of carbonyl (C=O) groups is 1. The third-order valence-corrected chi connectivity index (χ3v) is 4.14. The molecule has 27 heavy (non-hydrogen) atoms. The van der Waals surface area contributed by atoms with Gasteiger partial charge < -0.3 is 60.7 Å². The van der Waals surface area contributed by atoms with E-state index < -0.39 is 80.5 Å². The van der Waals surface area contributed by atoms with E-state index in [0.717, 1.165) is 0 Å². The molecule has 0 aliphatic carbocycles. The summed E-state index contributed by atoms with van der Waals surface area (Å²) in [5.74, 6) is -0.462. The Morgan fingerprint density at radius 3 is 1.63 bits per heavy atom. The van der Waals surface area contributed by atoms with Gasteiger partial charge in [0.15, 0.2) is 12.6 Å². The van der Waals surface area contributed by atoms with Crippen molar-refractivity contribution in [2.24, 2.45) is 0 Å². The van der Waals surface area contributed by atoms with E-state index in [1.807, 2.05) is 0 Å². The van der Waals surface area contributed by atoms with Crippen LogP contribution in [0.25, 0.3) is 0 Å². The number of hydrogen-bond donors (Lipinski definition) is 10. The van der Waals surface area contributed by atoms with E-state index in [-0.39, 0.29) is 0 Å². The number of aliphatic hydroxyl groups is 9. The maximum Gasteiger partial charge on any atom is 0.217 e. The van der Waals surface area contributed by atoms with E-state index >= 15 is 0 Å². The first-order valence-corrected chi connectivity index (χ1v) is 8.11. The molecule has 0 spiro atoms. The molecule has 0 aromatic carbocycles. The van der Waals surface area contributed by atoms with Gasteiger partial charge in [-0.2, -0.15) is 0 Å². The third-order valence-electron chi connectivity index (χ3n) is 4.14. The van der Waals surface area contributed by atoms with Crippen molar-refractivity contribution in [2.45, 2.75) is 68.3 Å². The van der Waals surface area contributed by atoms with Crippen LogP contribution in [0.15, 0.2) is 0 Å². The minimum atomic E-state index is -1.57. The zero-order chi connectivity index (χ0) is 20.9. The molecule has 2 aliphatic rings. The maximum absolute atomic E-state index is 10.7. The molecule has 0 radical (unpaired) electrons. The molecule has 10 atom stereocenters. The minimum Gasteiger partial charge on any atom is -0.394 e. The molecule has 2 aliphatic heterocycles. The smallest absolute Gasteiger partial charge is 0.217 e. The zero-order valence-corrected chi connectivity index (χ0v) is 14.4. The standard InChI is InChI=1S/C8H15NO6.C6H12O6/c1-3(11)9-5-7(13)6(12)4(2-10)15-8(5)14;7-1-2-3(8)4(9)5(10)6(11)12-2/h4-8,10,12-14H,2H2,1H3,(H,9,11);2-11H,1H2/t4-,5-,6-,7-,8+;2-,3-,4+,5+,6+/m11/s1. The topological polar surface area (TPSA) is 230 Å². The van der Waals surface area contributed by atoms with Crippen molar-refractivity contribution >= 4 is 5.91 Å². The van der Waals surface area contributed by atoms with Crippen LogP contribution in [0.5, 0.6) is 0 Å². The van der Waals surface area contributed by atoms with Gasteiger partial charge in [-0.25, -0.2) is 0 Å². The van der Waals surface area contributed by atoms with E-state index in [1.165, 1.54) is 6.92 Å². The van der Waals surface area contributed by atoms with Gasteiger partial charge in [0.25, 0.3) is 0 Å². The molecule has 0 bridgehead atoms. The van der Waals surface area contributed by atoms with Crippen molar-refractivity contribution in [3.05, 3.63) is 0 Å². The summed E-state index contributed by atoms with van der Waals surface area (Å²) in [5, 5.41) is 84.1. The average molecular weight is 401 g/mol. The van der Waals surface area contributed by atoms with E-state index in [1.54, 1.807) is 0 Å². The summed E-state index contributed by atoms with van der Waals surface area (Å²) in [6, 6.07) is -1.10. The first-order chi connectivity index (χ1) is 12.5. The van der Waals surface area contributed by atoms with Crippen molar-refractivity contribution < 1.29 is 60.2 Å². The summed E-state index contributed by atoms with van der Waals surface area (Å²) in [4.78, 5) is 10.7. The fourth-order valence-electron chi connectivity index (χ4n) is 2.57. The predicted octanol–water partition coefficient (Wildman–Crippen LogP) is -6.30. The lowest BCUT2D eigenvalue weighted by Crippen LogP contribution is -2.63. The molecule has 0 unspecified atom stereocenters. The van der Waals surface area contributed by atoms with Gasteiger partial charge in [0, 0.05) is 6.92 Å². The second-order valence-electron chi connectivity index (χ2n) is 6.17. The van der Waals surface area contributed by atoms with E-state index in [9.17, 15) is 20.1 Å². The predicted molar refractivity (Wildman–Crippen MR) is 83.6 cm³/mol. The van der Waals surface area contributed by atoms with Crippen LogP contribution in [-0.2, 0) is 14.3 Å². The highest BCUT2D eigenvalue weighted by atomic mass is 16.6. The number of nitrogens with one attached hydrogen (secondary N) is 1. The number of amides is 1. The molecule has 0 aromatic heterocycles. The van der Waals surface area contributed by atoms with Gasteiger partial charge in [0.05, 0.1) is 13.2 Å². The molecule has 2 fully saturated rings. The van der Waals surface area contributed by atoms with Crippen LogP contribution in [0.2, 0.25) is 0 Å². The van der Waals surface area contributed by atoms with Crippen LogP contribution in [0.4, 0.5) is 0 Å². The Kier molecular flexibility index (Phi) is 9.40. The quantitative estimate of drug-likeness (QED) is 0.213. The maximum atomic E-state index is 10.7. The third kappa shape index (κ3) is 6.00. The minimum absolute atomic E-state index is 0.462. The fraction of sp³-hybridized carbons (Fsp3) is 0.929. The van der Waals surface area contributed by atoms with Crippen LogP contribution in [-0.4, -0.2) is 126 Å². The summed E-state index contributed by atoms with van der Waals surface area (Å²) in [5.41, 5.74) is 0. The molecule has 2 heterocycles. The summed E-state index contributed by atoms with van der Waals surface area (Å²) >= 11 is 0. The molecule has 13 heteroatoms. The summed E-state index contributed by atoms with van der Waals surface area (Å²) in [6.07, 6.45) is -12.3. The van der Waals surface area contributed by atoms with Crippen LogP contribution in [0, 0.1) is 0 Å². The van der Waals surface area contributed by atoms with Crippen LogP contribution >= 0.6 is 0 Å². The van der Waals surface area contributed by atoms with Crippen molar-refractivity contribution in [2.75, 3.05) is 13.2 Å². The molecule has 0 saturated carbocycles. The Hall–Kier alpha value is -0.970. The summed E-state index contributed by atoms with van der Waals surface area (Å²) in [6.45, 7) is 0.161. The highest BCUT2D eigenvalue weighted by molar-refractivity contribution is 5.73. The molecule has 0 aromatic rings. The number of rotatable bonds is 3. The molecule has 10 N–H and O–H groups in total. The van der Waals surface area contributed by atoms with Gasteiger partial charge in [0.1, 0.15) is 48.8 Å². The van der Waals surface area contributed by atoms with Crippen LogP contribution in [0.3, 0.4) is 0 Å². The number of aliphatic hydroxyl groups excluding tert-OH is 9. The van der Waals surface area contributed by atoms with E-state index in [0.29, 0.717) is 0 Å². The Morgan fingerprint density at radius 1 is 0.741 bits per heavy atom. The molecule has 2 saturated heterocycles. The highest BCUT2D eigenvalue weighted by Gasteiger charge is 2.44. The summed E-state index contributed by atoms with van der Waals surface area (Å²) in [7, 11) is 0. The first-order valence-electron chi connectivity index (χ1n) is 8.11. The molecular formula is C14H27NO12. The van der Waals surface area contributed by atoms with Gasteiger partial charge in [0.2, 0.25) is 5.91 Å². The van der Waals surface area contributed by atoms with Crippen molar-refractivity contribution in [1.29, 1.82) is 0 Å². The Bertz CT molecular complexity index is 463. The Labute approximate surface area is 154 Å². The summed E-state index contributed by atoms with van der Waals surface area (Å²) < 4.78 is 9.39. The number of carbonyl (C=O) groups excluding carboxylic acids is 1. The average Bonchev–Trinajstić information content (AvgIpc) is 2.63. The number of hydrogen-bond acceptors (Lipinski definition) is 12. The lowest BCUT2D eigenvalue weighted by atomic mass is 9.97. The van der Waals surface area contributed by atoms with Gasteiger partial charge in [-0.3, -0.25) is 4.79 Å². The molecule has 2 rings (SSSR count). The Balaban J connectivity index is 0.000000277. The van der Waals surface area contributed by atoms with Crippen LogP contribution in [0.1, 0.15) is 6.92 Å². The van der Waals surface area contributed by atoms with Gasteiger partial charge >= 0.3 is 0 Å². The largest absolute Gasteiger partial charge is 0.394 e. The lowest BCUT2D eigenvalue weighted by Gasteiger charge is -2.40. The lowest BCUT2D eigenvalue weighted by molar-refractivity contribution is -0.286. The molecule has 1 amide bonds. The zero-order valence-electron chi connectivity index (χ0n) is 14.4. The van der Waals surface area contributed by atoms with Gasteiger partial charge in [-0.05, 0) is 0 Å². The van der Waals surface area contributed by atoms with E-state index in [4.69, 9.17) is 35.4 Å². The second-order valence-corrected chi connectivity index (χ2v) is 6.17. The molecular weight excluding hydrogens is 374 g/mol. The molecule has 13 nitrogen and oxygen atoms in total. The van der Waals surface area contributed by atoms with Crippen LogP contribution < -0.4 is 5.32 Å². The van der Waals surface area contributed by atoms with Crippen molar-refractivity contribution in [1.82, 2.24) is 5.32 Å². The van der Waals surface area contributed by atoms with Gasteiger partial charge in [-0.1, -0.05) is 0 Å². The number of ether oxygens (including phenoxy) is 2. The second kappa shape index (κ2) is 10.5. The Morgan fingerprint density at radius 2 is 1.19 bits per heavy atom. The molecule has 160 valence electrons. The highest BCUT2D eigenvalue weighted by Crippen LogP contribution is 2.20. The van der Waals surface area contributed by atoms with Gasteiger partial charge in [-0.15, -0.1) is 0 Å². The monoisotopic (exact) mass is 401 g/mol. The normalized spacial score (nSPS) is 44.8. The first kappa shape index (κ1) is 24.1. The van der Waals surface area contributed by atoms with Crippen molar-refractivity contribution in [3.63, 3.8) is 0 Å². The van der Waals surface area contributed by atoms with E-state index in [2.05, 4.69) is 10.1 Å². The SMILES string of the molecule is CC(=O)N[C@@H]1[C@@H](O)[C@H](O)[C@@H](CO)O[C@@H]1O.OC[C@H]1O[C@H](O)[C@@H](O)[C@@H](O)[C@@H]1O.